The van der Waals surface area contributed by atoms with Gasteiger partial charge >= 0.3 is 0 Å². The molecule has 0 unspecified atom stereocenters. The highest BCUT2D eigenvalue weighted by Gasteiger charge is 1.72. The second-order valence-corrected chi connectivity index (χ2v) is 1.70. The molecular formula is C6H9NS. The number of thiol groups is 1. The molecule has 0 spiro atoms. The summed E-state index contributed by atoms with van der Waals surface area (Å²) in [5.41, 5.74) is 5.09. The van der Waals surface area contributed by atoms with Gasteiger partial charge in [0.05, 0.1) is 0 Å². The van der Waals surface area contributed by atoms with E-state index >= 15 is 0 Å². The van der Waals surface area contributed by atoms with E-state index < -0.39 is 0 Å². The van der Waals surface area contributed by atoms with Gasteiger partial charge in [-0.2, -0.15) is 0 Å². The highest BCUT2D eigenvalue weighted by atomic mass is 32.1. The first-order valence-electron chi connectivity index (χ1n) is 2.21. The predicted molar refractivity (Wildman–Crippen MR) is 40.6 cm³/mol. The lowest BCUT2D eigenvalue weighted by Gasteiger charge is -1.81. The zero-order chi connectivity index (χ0) is 6.41. The number of nitrogens with two attached hydrogens (primary N) is 1. The van der Waals surface area contributed by atoms with Gasteiger partial charge in [0, 0.05) is 11.1 Å². The van der Waals surface area contributed by atoms with Crippen LogP contribution in [0.25, 0.3) is 0 Å². The lowest BCUT2D eigenvalue weighted by Crippen LogP contribution is -1.77. The Morgan fingerprint density at radius 1 is 1.62 bits per heavy atom. The molecule has 0 heterocycles. The van der Waals surface area contributed by atoms with Gasteiger partial charge in [0.1, 0.15) is 0 Å². The van der Waals surface area contributed by atoms with Crippen molar-refractivity contribution in [2.45, 2.75) is 0 Å². The second kappa shape index (κ2) is 4.53. The maximum atomic E-state index is 5.09. The van der Waals surface area contributed by atoms with Crippen molar-refractivity contribution < 1.29 is 0 Å². The fourth-order valence-corrected chi connectivity index (χ4v) is 0.308. The van der Waals surface area contributed by atoms with E-state index in [2.05, 4.69) is 19.2 Å². The lowest BCUT2D eigenvalue weighted by atomic mass is 10.5. The van der Waals surface area contributed by atoms with Crippen molar-refractivity contribution in [2.75, 3.05) is 0 Å². The molecule has 0 fully saturated rings. The molecule has 0 radical (unpaired) electrons. The van der Waals surface area contributed by atoms with Gasteiger partial charge in [-0.1, -0.05) is 18.7 Å². The molecular weight excluding hydrogens is 118 g/mol. The van der Waals surface area contributed by atoms with Gasteiger partial charge in [0.15, 0.2) is 0 Å². The van der Waals surface area contributed by atoms with Crippen LogP contribution in [-0.2, 0) is 0 Å². The Hall–Kier alpha value is -0.630. The quantitative estimate of drug-likeness (QED) is 0.426. The molecule has 2 N–H and O–H groups in total. The Morgan fingerprint density at radius 3 is 2.62 bits per heavy atom. The summed E-state index contributed by atoms with van der Waals surface area (Å²) < 4.78 is 0. The molecule has 0 aromatic rings. The summed E-state index contributed by atoms with van der Waals surface area (Å²) in [5.74, 6) is 0. The molecule has 0 aliphatic rings. The van der Waals surface area contributed by atoms with Crippen molar-refractivity contribution in [3.05, 3.63) is 35.9 Å². The molecule has 0 aliphatic heterocycles. The molecule has 8 heavy (non-hydrogen) atoms. The van der Waals surface area contributed by atoms with Crippen molar-refractivity contribution in [2.24, 2.45) is 5.73 Å². The zero-order valence-corrected chi connectivity index (χ0v) is 5.44. The van der Waals surface area contributed by atoms with Crippen LogP contribution in [0.15, 0.2) is 35.9 Å². The predicted octanol–water partition coefficient (Wildman–Crippen LogP) is 1.46. The number of hydrogen-bond acceptors (Lipinski definition) is 2. The summed E-state index contributed by atoms with van der Waals surface area (Å²) >= 11 is 3.97. The number of allylic oxidation sites excluding steroid dienone is 3. The lowest BCUT2D eigenvalue weighted by molar-refractivity contribution is 1.59. The average Bonchev–Trinajstić information content (AvgIpc) is 1.83. The Bertz CT molecular complexity index is 124. The first kappa shape index (κ1) is 7.37. The Kier molecular flexibility index (Phi) is 4.17. The minimum Gasteiger partial charge on any atom is -0.404 e. The molecule has 0 aromatic carbocycles. The molecule has 44 valence electrons. The summed E-state index contributed by atoms with van der Waals surface area (Å²) in [5, 5.41) is 0. The topological polar surface area (TPSA) is 26.0 Å². The summed E-state index contributed by atoms with van der Waals surface area (Å²) in [6, 6.07) is 0. The third-order valence-electron chi connectivity index (χ3n) is 0.574. The Balaban J connectivity index is 3.69. The van der Waals surface area contributed by atoms with Crippen LogP contribution in [0.2, 0.25) is 0 Å². The summed E-state index contributed by atoms with van der Waals surface area (Å²) in [6.07, 6.45) is 6.62. The fraction of sp³-hybridized carbons (Fsp3) is 0. The van der Waals surface area contributed by atoms with Crippen molar-refractivity contribution in [1.29, 1.82) is 0 Å². The maximum absolute atomic E-state index is 5.09. The van der Waals surface area contributed by atoms with Gasteiger partial charge in [0.2, 0.25) is 0 Å². The number of hydrogen-bond donors (Lipinski definition) is 2. The van der Waals surface area contributed by atoms with Gasteiger partial charge in [-0.25, -0.2) is 0 Å². The van der Waals surface area contributed by atoms with E-state index in [0.717, 1.165) is 4.91 Å². The monoisotopic (exact) mass is 127 g/mol. The van der Waals surface area contributed by atoms with Crippen LogP contribution in [-0.4, -0.2) is 0 Å². The largest absolute Gasteiger partial charge is 0.404 e. The van der Waals surface area contributed by atoms with E-state index in [-0.39, 0.29) is 0 Å². The molecule has 0 rings (SSSR count). The van der Waals surface area contributed by atoms with E-state index in [1.165, 1.54) is 6.20 Å². The van der Waals surface area contributed by atoms with E-state index in [4.69, 9.17) is 5.73 Å². The number of rotatable bonds is 2. The third-order valence-corrected chi connectivity index (χ3v) is 0.872. The standard InChI is InChI=1S/C6H9NS/c1-2-3-4-6(8)5-7/h2-5,8H,1,7H2/b4-3-,6-5-. The summed E-state index contributed by atoms with van der Waals surface area (Å²) in [4.78, 5) is 0.741. The van der Waals surface area contributed by atoms with E-state index in [0.29, 0.717) is 0 Å². The molecule has 1 nitrogen and oxygen atoms in total. The minimum atomic E-state index is 0.741. The SMILES string of the molecule is C=C/C=C\C(S)=C\N. The first-order valence-corrected chi connectivity index (χ1v) is 2.66. The summed E-state index contributed by atoms with van der Waals surface area (Å²) in [7, 11) is 0. The highest BCUT2D eigenvalue weighted by Crippen LogP contribution is 1.97. The highest BCUT2D eigenvalue weighted by molar-refractivity contribution is 7.84. The normalized spacial score (nSPS) is 12.4. The van der Waals surface area contributed by atoms with Gasteiger partial charge < -0.3 is 5.73 Å². The van der Waals surface area contributed by atoms with E-state index in [1.807, 2.05) is 0 Å². The molecule has 0 bridgehead atoms. The molecule has 0 amide bonds. The first-order chi connectivity index (χ1) is 3.81. The molecule has 2 heteroatoms. The maximum Gasteiger partial charge on any atom is 0.0195 e. The van der Waals surface area contributed by atoms with Gasteiger partial charge in [0.25, 0.3) is 0 Å². The molecule has 0 saturated heterocycles. The van der Waals surface area contributed by atoms with Crippen molar-refractivity contribution in [3.8, 4) is 0 Å². The van der Waals surface area contributed by atoms with Gasteiger partial charge in [-0.05, 0) is 6.08 Å². The van der Waals surface area contributed by atoms with Crippen LogP contribution in [0.1, 0.15) is 0 Å². The summed E-state index contributed by atoms with van der Waals surface area (Å²) in [6.45, 7) is 3.48. The zero-order valence-electron chi connectivity index (χ0n) is 4.54. The van der Waals surface area contributed by atoms with Gasteiger partial charge in [-0.15, -0.1) is 12.6 Å². The average molecular weight is 127 g/mol. The third kappa shape index (κ3) is 3.56. The Morgan fingerprint density at radius 2 is 2.25 bits per heavy atom. The van der Waals surface area contributed by atoms with Crippen molar-refractivity contribution >= 4 is 12.6 Å². The second-order valence-electron chi connectivity index (χ2n) is 1.19. The van der Waals surface area contributed by atoms with E-state index in [1.54, 1.807) is 18.2 Å². The van der Waals surface area contributed by atoms with Crippen LogP contribution in [0.5, 0.6) is 0 Å². The van der Waals surface area contributed by atoms with Crippen LogP contribution >= 0.6 is 12.6 Å². The van der Waals surface area contributed by atoms with Crippen LogP contribution in [0.4, 0.5) is 0 Å². The van der Waals surface area contributed by atoms with Crippen LogP contribution in [0.3, 0.4) is 0 Å². The van der Waals surface area contributed by atoms with Crippen molar-refractivity contribution in [1.82, 2.24) is 0 Å². The van der Waals surface area contributed by atoms with Gasteiger partial charge in [-0.3, -0.25) is 0 Å². The van der Waals surface area contributed by atoms with E-state index in [9.17, 15) is 0 Å². The fourth-order valence-electron chi connectivity index (χ4n) is 0.222. The molecule has 0 aliphatic carbocycles. The molecule has 0 aromatic heterocycles. The Labute approximate surface area is 55.0 Å². The van der Waals surface area contributed by atoms with Crippen LogP contribution < -0.4 is 5.73 Å². The minimum absolute atomic E-state index is 0.741. The molecule has 0 atom stereocenters. The van der Waals surface area contributed by atoms with Crippen LogP contribution in [0, 0.1) is 0 Å². The molecule has 0 saturated carbocycles. The van der Waals surface area contributed by atoms with Crippen molar-refractivity contribution in [3.63, 3.8) is 0 Å². The smallest absolute Gasteiger partial charge is 0.0195 e.